The predicted octanol–water partition coefficient (Wildman–Crippen LogP) is 4.91. The molecule has 3 heterocycles. The van der Waals surface area contributed by atoms with E-state index in [2.05, 4.69) is 10.4 Å². The van der Waals surface area contributed by atoms with E-state index < -0.39 is 24.6 Å². The summed E-state index contributed by atoms with van der Waals surface area (Å²) in [5.41, 5.74) is 1.58. The number of nitrogens with zero attached hydrogens (tertiary/aromatic N) is 2. The average Bonchev–Trinajstić information content (AvgIpc) is 3.58. The second-order valence-corrected chi connectivity index (χ2v) is 8.92. The van der Waals surface area contributed by atoms with Gasteiger partial charge in [-0.2, -0.15) is 5.10 Å². The molecule has 33 heavy (non-hydrogen) atoms. The molecule has 1 aromatic carbocycles. The van der Waals surface area contributed by atoms with Crippen LogP contribution in [-0.4, -0.2) is 41.9 Å². The van der Waals surface area contributed by atoms with Gasteiger partial charge in [-0.05, 0) is 54.1 Å². The first-order chi connectivity index (χ1) is 16.0. The molecule has 3 aromatic rings. The van der Waals surface area contributed by atoms with Gasteiger partial charge in [0.2, 0.25) is 0 Å². The number of hydrogen-bond donors (Lipinski definition) is 1. The number of ether oxygens (including phenoxy) is 2. The number of carbonyl (C=O) groups is 3. The highest BCUT2D eigenvalue weighted by Gasteiger charge is 2.34. The van der Waals surface area contributed by atoms with Gasteiger partial charge in [0.25, 0.3) is 5.91 Å². The van der Waals surface area contributed by atoms with E-state index in [4.69, 9.17) is 9.47 Å². The van der Waals surface area contributed by atoms with Crippen molar-refractivity contribution in [3.8, 4) is 0 Å². The maximum atomic E-state index is 12.9. The summed E-state index contributed by atoms with van der Waals surface area (Å²) in [5, 5.41) is 12.4. The first-order valence-corrected chi connectivity index (χ1v) is 12.0. The van der Waals surface area contributed by atoms with E-state index in [1.165, 1.54) is 17.1 Å². The second-order valence-electron chi connectivity index (χ2n) is 7.00. The Balaban J connectivity index is 1.39. The fourth-order valence-corrected chi connectivity index (χ4v) is 4.82. The number of carbonyl (C=O) groups excluding carboxylic acids is 3. The number of amides is 2. The van der Waals surface area contributed by atoms with E-state index in [0.29, 0.717) is 12.1 Å². The molecule has 1 aliphatic heterocycles. The summed E-state index contributed by atoms with van der Waals surface area (Å²) >= 11 is 3.13. The number of esters is 1. The summed E-state index contributed by atoms with van der Waals surface area (Å²) in [6.45, 7) is 1.54. The van der Waals surface area contributed by atoms with E-state index in [9.17, 15) is 14.4 Å². The van der Waals surface area contributed by atoms with Crippen molar-refractivity contribution in [2.45, 2.75) is 19.4 Å². The van der Waals surface area contributed by atoms with Crippen LogP contribution in [0.4, 0.5) is 10.5 Å². The third-order valence-electron chi connectivity index (χ3n) is 4.81. The van der Waals surface area contributed by atoms with Crippen LogP contribution in [-0.2, 0) is 14.3 Å². The minimum absolute atomic E-state index is 0.221. The van der Waals surface area contributed by atoms with Crippen molar-refractivity contribution in [2.75, 3.05) is 18.5 Å². The van der Waals surface area contributed by atoms with E-state index in [1.54, 1.807) is 41.7 Å². The van der Waals surface area contributed by atoms with Gasteiger partial charge in [-0.25, -0.2) is 14.6 Å². The van der Waals surface area contributed by atoms with Gasteiger partial charge in [0, 0.05) is 17.0 Å². The van der Waals surface area contributed by atoms with Crippen LogP contribution < -0.4 is 5.32 Å². The summed E-state index contributed by atoms with van der Waals surface area (Å²) in [5.74, 6) is -1.03. The normalized spacial score (nSPS) is 15.1. The Morgan fingerprint density at radius 2 is 1.82 bits per heavy atom. The summed E-state index contributed by atoms with van der Waals surface area (Å²) < 4.78 is 10.1. The van der Waals surface area contributed by atoms with E-state index in [-0.39, 0.29) is 18.2 Å². The fourth-order valence-electron chi connectivity index (χ4n) is 3.29. The van der Waals surface area contributed by atoms with Gasteiger partial charge in [0.05, 0.1) is 28.8 Å². The minimum atomic E-state index is -0.639. The maximum absolute atomic E-state index is 12.9. The van der Waals surface area contributed by atoms with Crippen LogP contribution in [0.15, 0.2) is 64.4 Å². The van der Waals surface area contributed by atoms with Gasteiger partial charge < -0.3 is 9.47 Å². The van der Waals surface area contributed by atoms with Crippen molar-refractivity contribution in [1.82, 2.24) is 5.01 Å². The van der Waals surface area contributed by atoms with Crippen molar-refractivity contribution in [3.63, 3.8) is 0 Å². The van der Waals surface area contributed by atoms with Crippen molar-refractivity contribution >= 4 is 52.0 Å². The molecule has 0 bridgehead atoms. The lowest BCUT2D eigenvalue weighted by Crippen LogP contribution is -2.31. The molecule has 8 nitrogen and oxygen atoms in total. The number of rotatable bonds is 7. The van der Waals surface area contributed by atoms with Gasteiger partial charge in [-0.15, -0.1) is 22.7 Å². The lowest BCUT2D eigenvalue weighted by molar-refractivity contribution is -0.136. The van der Waals surface area contributed by atoms with Gasteiger partial charge >= 0.3 is 12.1 Å². The molecule has 0 aliphatic carbocycles. The molecule has 0 fully saturated rings. The maximum Gasteiger partial charge on any atom is 0.411 e. The molecule has 0 spiro atoms. The van der Waals surface area contributed by atoms with Crippen LogP contribution in [0.5, 0.6) is 0 Å². The Morgan fingerprint density at radius 3 is 2.48 bits per heavy atom. The van der Waals surface area contributed by atoms with Crippen LogP contribution >= 0.6 is 22.7 Å². The number of nitrogens with one attached hydrogen (secondary N) is 1. The molecule has 170 valence electrons. The van der Waals surface area contributed by atoms with Crippen LogP contribution in [0, 0.1) is 0 Å². The number of anilines is 1. The molecule has 1 aliphatic rings. The third kappa shape index (κ3) is 5.47. The van der Waals surface area contributed by atoms with Crippen LogP contribution in [0.3, 0.4) is 0 Å². The number of benzene rings is 1. The van der Waals surface area contributed by atoms with Crippen LogP contribution in [0.2, 0.25) is 0 Å². The van der Waals surface area contributed by atoms with Gasteiger partial charge in [-0.1, -0.05) is 12.1 Å². The summed E-state index contributed by atoms with van der Waals surface area (Å²) in [6.07, 6.45) is 0.0298. The van der Waals surface area contributed by atoms with Crippen molar-refractivity contribution in [1.29, 1.82) is 0 Å². The molecule has 4 rings (SSSR count). The zero-order valence-corrected chi connectivity index (χ0v) is 19.4. The Hall–Kier alpha value is -3.50. The zero-order valence-electron chi connectivity index (χ0n) is 17.7. The van der Waals surface area contributed by atoms with Gasteiger partial charge in [-0.3, -0.25) is 10.1 Å². The second kappa shape index (κ2) is 10.4. The van der Waals surface area contributed by atoms with Crippen molar-refractivity contribution < 1.29 is 23.9 Å². The molecule has 1 N–H and O–H groups in total. The highest BCUT2D eigenvalue weighted by molar-refractivity contribution is 7.12. The molecule has 2 amide bonds. The highest BCUT2D eigenvalue weighted by atomic mass is 32.1. The molecule has 0 radical (unpaired) electrons. The Kier molecular flexibility index (Phi) is 7.16. The third-order valence-corrected chi connectivity index (χ3v) is 6.70. The van der Waals surface area contributed by atoms with E-state index in [0.717, 1.165) is 15.5 Å². The smallest absolute Gasteiger partial charge is 0.411 e. The van der Waals surface area contributed by atoms with Gasteiger partial charge in [0.1, 0.15) is 0 Å². The molecule has 1 atom stereocenters. The molecule has 0 saturated carbocycles. The first kappa shape index (κ1) is 22.7. The lowest BCUT2D eigenvalue weighted by atomic mass is 10.1. The van der Waals surface area contributed by atoms with Crippen LogP contribution in [0.1, 0.15) is 39.5 Å². The molecular formula is C23H21N3O5S2. The number of thiophene rings is 2. The standard InChI is InChI=1S/C23H21N3O5S2/c1-2-30-23(29)24-16-9-7-15(8-10-16)22(28)31-14-21(27)26-18(20-6-4-12-33-20)13-17(25-26)19-5-3-11-32-19/h3-12,18H,2,13-14H2,1H3,(H,24,29). The highest BCUT2D eigenvalue weighted by Crippen LogP contribution is 2.35. The van der Waals surface area contributed by atoms with Crippen molar-refractivity contribution in [3.05, 3.63) is 74.6 Å². The topological polar surface area (TPSA) is 97.3 Å². The van der Waals surface area contributed by atoms with Crippen molar-refractivity contribution in [2.24, 2.45) is 5.10 Å². The van der Waals surface area contributed by atoms with Crippen LogP contribution in [0.25, 0.3) is 0 Å². The summed E-state index contributed by atoms with van der Waals surface area (Å²) in [7, 11) is 0. The monoisotopic (exact) mass is 483 g/mol. The largest absolute Gasteiger partial charge is 0.452 e. The summed E-state index contributed by atoms with van der Waals surface area (Å²) in [6, 6.07) is 13.7. The summed E-state index contributed by atoms with van der Waals surface area (Å²) in [4.78, 5) is 38.9. The zero-order chi connectivity index (χ0) is 23.2. The fraction of sp³-hybridized carbons (Fsp3) is 0.217. The Bertz CT molecular complexity index is 1140. The number of hydrazone groups is 1. The van der Waals surface area contributed by atoms with E-state index in [1.807, 2.05) is 35.0 Å². The predicted molar refractivity (Wildman–Crippen MR) is 127 cm³/mol. The molecule has 10 heteroatoms. The Labute approximate surface area is 198 Å². The molecule has 1 unspecified atom stereocenters. The van der Waals surface area contributed by atoms with E-state index >= 15 is 0 Å². The average molecular weight is 484 g/mol. The number of hydrogen-bond acceptors (Lipinski definition) is 8. The molecule has 0 saturated heterocycles. The lowest BCUT2D eigenvalue weighted by Gasteiger charge is -2.20. The Morgan fingerprint density at radius 1 is 1.06 bits per heavy atom. The minimum Gasteiger partial charge on any atom is -0.452 e. The first-order valence-electron chi connectivity index (χ1n) is 10.2. The van der Waals surface area contributed by atoms with Gasteiger partial charge in [0.15, 0.2) is 6.61 Å². The molecule has 2 aromatic heterocycles. The molecular weight excluding hydrogens is 462 g/mol. The quantitative estimate of drug-likeness (QED) is 0.482. The SMILES string of the molecule is CCOC(=O)Nc1ccc(C(=O)OCC(=O)N2N=C(c3cccs3)CC2c2cccs2)cc1.